The normalized spacial score (nSPS) is 9.58. The third kappa shape index (κ3) is 3.08. The monoisotopic (exact) mass is 315 g/mol. The van der Waals surface area contributed by atoms with Crippen LogP contribution in [0.4, 0.5) is 5.69 Å². The van der Waals surface area contributed by atoms with Gasteiger partial charge in [0.2, 0.25) is 17.5 Å². The Hall–Kier alpha value is -4.04. The summed E-state index contributed by atoms with van der Waals surface area (Å²) in [6.45, 7) is 0. The number of rotatable bonds is 4. The molecule has 3 rings (SSSR count). The van der Waals surface area contributed by atoms with E-state index in [1.807, 2.05) is 0 Å². The number of nitriles is 2. The van der Waals surface area contributed by atoms with Gasteiger partial charge in [-0.2, -0.15) is 15.6 Å². The minimum atomic E-state index is -0.284. The fourth-order valence-electron chi connectivity index (χ4n) is 1.90. The highest BCUT2D eigenvalue weighted by Crippen LogP contribution is 2.29. The second-order valence-electron chi connectivity index (χ2n) is 4.49. The Kier molecular flexibility index (Phi) is 4.22. The van der Waals surface area contributed by atoms with Crippen LogP contribution in [-0.2, 0) is 0 Å². The predicted octanol–water partition coefficient (Wildman–Crippen LogP) is 2.61. The number of anilines is 1. The molecule has 0 aliphatic rings. The first-order chi connectivity index (χ1) is 11.8. The van der Waals surface area contributed by atoms with Crippen LogP contribution in [0, 0.1) is 22.7 Å². The van der Waals surface area contributed by atoms with Crippen LogP contribution in [0.3, 0.4) is 0 Å². The van der Waals surface area contributed by atoms with Crippen molar-refractivity contribution in [1.82, 2.24) is 15.2 Å². The summed E-state index contributed by atoms with van der Waals surface area (Å²) in [4.78, 5) is 3.94. The second kappa shape index (κ2) is 6.81. The van der Waals surface area contributed by atoms with Gasteiger partial charge < -0.3 is 4.42 Å². The summed E-state index contributed by atoms with van der Waals surface area (Å²) in [6.07, 6.45) is 3.27. The molecule has 0 spiro atoms. The molecule has 0 saturated heterocycles. The average Bonchev–Trinajstić information content (AvgIpc) is 3.14. The average molecular weight is 315 g/mol. The smallest absolute Gasteiger partial charge is 0.250 e. The molecule has 2 heterocycles. The molecule has 0 unspecified atom stereocenters. The lowest BCUT2D eigenvalue weighted by Gasteiger charge is -2.04. The summed E-state index contributed by atoms with van der Waals surface area (Å²) in [6, 6.07) is 13.9. The number of nitrogens with zero attached hydrogens (tertiary/aromatic N) is 6. The first-order valence-corrected chi connectivity index (χ1v) is 6.79. The van der Waals surface area contributed by atoms with Crippen molar-refractivity contribution < 1.29 is 4.42 Å². The zero-order valence-corrected chi connectivity index (χ0v) is 12.2. The van der Waals surface area contributed by atoms with Crippen molar-refractivity contribution in [2.45, 2.75) is 0 Å². The SMILES string of the molecule is N#CC(C#N)=NNc1ccccc1-c1nnc(-c2ccncc2)o1. The summed E-state index contributed by atoms with van der Waals surface area (Å²) >= 11 is 0. The molecule has 8 heteroatoms. The van der Waals surface area contributed by atoms with Crippen molar-refractivity contribution >= 4 is 11.4 Å². The Morgan fingerprint density at radius 1 is 1.00 bits per heavy atom. The van der Waals surface area contributed by atoms with E-state index in [0.29, 0.717) is 17.1 Å². The third-order valence-corrected chi connectivity index (χ3v) is 3.01. The molecule has 0 aliphatic carbocycles. The Bertz CT molecular complexity index is 948. The van der Waals surface area contributed by atoms with Crippen LogP contribution < -0.4 is 5.43 Å². The molecule has 0 bridgehead atoms. The predicted molar refractivity (Wildman–Crippen MR) is 85.2 cm³/mol. The fourth-order valence-corrected chi connectivity index (χ4v) is 1.90. The topological polar surface area (TPSA) is 124 Å². The van der Waals surface area contributed by atoms with Gasteiger partial charge in [-0.3, -0.25) is 10.4 Å². The molecule has 1 aromatic carbocycles. The number of para-hydroxylation sites is 1. The van der Waals surface area contributed by atoms with Crippen LogP contribution in [0.25, 0.3) is 22.9 Å². The summed E-state index contributed by atoms with van der Waals surface area (Å²) in [5, 5.41) is 29.2. The van der Waals surface area contributed by atoms with Gasteiger partial charge in [0.05, 0.1) is 11.3 Å². The van der Waals surface area contributed by atoms with E-state index < -0.39 is 0 Å². The van der Waals surface area contributed by atoms with E-state index in [0.717, 1.165) is 5.56 Å². The van der Waals surface area contributed by atoms with Crippen molar-refractivity contribution in [2.24, 2.45) is 5.10 Å². The van der Waals surface area contributed by atoms with Crippen molar-refractivity contribution in [3.05, 3.63) is 48.8 Å². The van der Waals surface area contributed by atoms with Gasteiger partial charge in [-0.05, 0) is 24.3 Å². The Labute approximate surface area is 136 Å². The van der Waals surface area contributed by atoms with E-state index in [-0.39, 0.29) is 11.6 Å². The summed E-state index contributed by atoms with van der Waals surface area (Å²) < 4.78 is 5.69. The first kappa shape index (κ1) is 14.9. The number of aromatic nitrogens is 3. The Balaban J connectivity index is 1.94. The standard InChI is InChI=1S/C16H9N7O/c17-9-12(10-18)20-21-14-4-2-1-3-13(14)16-23-22-15(24-16)11-5-7-19-8-6-11/h1-8,21H. The van der Waals surface area contributed by atoms with Gasteiger partial charge >= 0.3 is 0 Å². The third-order valence-electron chi connectivity index (χ3n) is 3.01. The van der Waals surface area contributed by atoms with E-state index in [9.17, 15) is 0 Å². The lowest BCUT2D eigenvalue weighted by atomic mass is 10.2. The lowest BCUT2D eigenvalue weighted by Crippen LogP contribution is -1.97. The van der Waals surface area contributed by atoms with Gasteiger partial charge in [0.25, 0.3) is 0 Å². The van der Waals surface area contributed by atoms with Crippen LogP contribution in [-0.4, -0.2) is 20.9 Å². The molecule has 1 N–H and O–H groups in total. The van der Waals surface area contributed by atoms with Gasteiger partial charge in [-0.1, -0.05) is 12.1 Å². The maximum Gasteiger partial charge on any atom is 0.250 e. The lowest BCUT2D eigenvalue weighted by molar-refractivity contribution is 0.584. The highest BCUT2D eigenvalue weighted by atomic mass is 16.4. The van der Waals surface area contributed by atoms with E-state index in [1.54, 1.807) is 60.9 Å². The first-order valence-electron chi connectivity index (χ1n) is 6.79. The summed E-state index contributed by atoms with van der Waals surface area (Å²) in [5.41, 5.74) is 4.27. The minimum Gasteiger partial charge on any atom is -0.416 e. The summed E-state index contributed by atoms with van der Waals surface area (Å²) in [7, 11) is 0. The number of hydrogen-bond acceptors (Lipinski definition) is 8. The van der Waals surface area contributed by atoms with Crippen LogP contribution in [0.1, 0.15) is 0 Å². The number of hydrazone groups is 1. The number of pyridine rings is 1. The van der Waals surface area contributed by atoms with E-state index in [4.69, 9.17) is 14.9 Å². The van der Waals surface area contributed by atoms with Gasteiger partial charge in [-0.15, -0.1) is 10.2 Å². The fraction of sp³-hybridized carbons (Fsp3) is 0. The molecule has 3 aromatic rings. The molecule has 8 nitrogen and oxygen atoms in total. The van der Waals surface area contributed by atoms with Crippen molar-refractivity contribution in [3.8, 4) is 35.0 Å². The largest absolute Gasteiger partial charge is 0.416 e. The molecule has 24 heavy (non-hydrogen) atoms. The minimum absolute atomic E-state index is 0.284. The molecule has 114 valence electrons. The van der Waals surface area contributed by atoms with Crippen LogP contribution in [0.2, 0.25) is 0 Å². The molecule has 0 atom stereocenters. The van der Waals surface area contributed by atoms with E-state index >= 15 is 0 Å². The highest BCUT2D eigenvalue weighted by molar-refractivity contribution is 6.10. The Morgan fingerprint density at radius 3 is 2.46 bits per heavy atom. The van der Waals surface area contributed by atoms with Crippen LogP contribution in [0.15, 0.2) is 58.3 Å². The second-order valence-corrected chi connectivity index (χ2v) is 4.49. The molecule has 0 aliphatic heterocycles. The number of benzene rings is 1. The molecular weight excluding hydrogens is 306 g/mol. The van der Waals surface area contributed by atoms with Gasteiger partial charge in [-0.25, -0.2) is 0 Å². The maximum absolute atomic E-state index is 8.73. The Morgan fingerprint density at radius 2 is 1.71 bits per heavy atom. The van der Waals surface area contributed by atoms with E-state index in [1.165, 1.54) is 0 Å². The van der Waals surface area contributed by atoms with Gasteiger partial charge in [0, 0.05) is 18.0 Å². The number of nitrogens with one attached hydrogen (secondary N) is 1. The zero-order valence-electron chi connectivity index (χ0n) is 12.2. The quantitative estimate of drug-likeness (QED) is 0.579. The highest BCUT2D eigenvalue weighted by Gasteiger charge is 2.13. The van der Waals surface area contributed by atoms with Crippen molar-refractivity contribution in [3.63, 3.8) is 0 Å². The van der Waals surface area contributed by atoms with Gasteiger partial charge in [0.1, 0.15) is 12.1 Å². The maximum atomic E-state index is 8.73. The molecule has 0 radical (unpaired) electrons. The molecule has 2 aromatic heterocycles. The summed E-state index contributed by atoms with van der Waals surface area (Å²) in [5.74, 6) is 0.649. The molecule has 0 amide bonds. The van der Waals surface area contributed by atoms with Crippen molar-refractivity contribution in [1.29, 1.82) is 10.5 Å². The zero-order chi connectivity index (χ0) is 16.8. The molecule has 0 saturated carbocycles. The van der Waals surface area contributed by atoms with Crippen LogP contribution in [0.5, 0.6) is 0 Å². The molecular formula is C16H9N7O. The van der Waals surface area contributed by atoms with E-state index in [2.05, 4.69) is 25.7 Å². The molecule has 0 fully saturated rings. The van der Waals surface area contributed by atoms with Crippen LogP contribution >= 0.6 is 0 Å². The van der Waals surface area contributed by atoms with Crippen molar-refractivity contribution in [2.75, 3.05) is 5.43 Å². The van der Waals surface area contributed by atoms with Gasteiger partial charge in [0.15, 0.2) is 0 Å². The number of hydrogen-bond donors (Lipinski definition) is 1.